The zero-order valence-electron chi connectivity index (χ0n) is 79.5. The fraction of sp³-hybridized carbons (Fsp3) is 0.494. The number of piperidine rings is 5. The Morgan fingerprint density at radius 3 is 0.903 bits per heavy atom. The molecule has 0 saturated carbocycles. The number of likely N-dealkylation sites (N-methyl/N-ethyl adjacent to an activating group) is 1. The van der Waals surface area contributed by atoms with Crippen LogP contribution in [0, 0.1) is 7.43 Å². The van der Waals surface area contributed by atoms with E-state index in [1.54, 1.807) is 31.2 Å². The minimum absolute atomic E-state index is 0. The SMILES string of the molecule is C=C(C(=O)OC)[C@@H]1CCC[C@H](CC)N1S(=O)(=O)c1ccc(Cl)cc1.C=C(OS(=O)(=O)C(F)(F)F)[C@@H]1CCC[C@H](CC)N1S(=O)(=O)c1ccc(Cl)cc1.CC[C@H]1CCC[C@@H](C(=O)N(C)OC)N1S(=O)(=O)c1ccc(Cl)cc1.CC[C@H]1CCC[C@@H](C(=O)OC)N1S(=O)(=O)c1ccc(Cl)cc1.CC[C@H]1CCC[C@@H](C(C)=O)N1S(=O)(=O)c1ccc(Cl)cc1.O=S(=O)(N(c1ccc(Cl)cn1)S(=O)(=O)C(F)(F)F)C(F)(F)F.[Br-].[CH3-].[Mg+2]. The van der Waals surface area contributed by atoms with Crippen LogP contribution in [-0.2, 0) is 118 Å². The Hall–Kier alpha value is -5.87. The number of nitrogens with zero attached hydrogens (tertiary/aromatic N) is 8. The molecule has 5 fully saturated rings. The van der Waals surface area contributed by atoms with Crippen LogP contribution in [0.25, 0.3) is 0 Å². The molecule has 1 amide bonds. The Labute approximate surface area is 892 Å². The van der Waals surface area contributed by atoms with Crippen LogP contribution in [0.1, 0.15) is 170 Å². The Morgan fingerprint density at radius 1 is 0.389 bits per heavy atom. The van der Waals surface area contributed by atoms with E-state index in [0.717, 1.165) is 60.7 Å². The van der Waals surface area contributed by atoms with Gasteiger partial charge in [-0.1, -0.05) is 117 Å². The van der Waals surface area contributed by atoms with E-state index in [4.69, 9.17) is 83.9 Å². The number of benzene rings is 5. The fourth-order valence-corrected chi connectivity index (χ4v) is 29.6. The molecule has 0 bridgehead atoms. The van der Waals surface area contributed by atoms with Gasteiger partial charge in [-0.15, -0.1) is 3.71 Å². The molecule has 5 aromatic carbocycles. The minimum atomic E-state index is -6.93. The number of aromatic nitrogens is 1. The monoisotopic (exact) mass is 2390 g/mol. The summed E-state index contributed by atoms with van der Waals surface area (Å²) in [6, 6.07) is 25.2. The van der Waals surface area contributed by atoms with Crippen LogP contribution in [0.4, 0.5) is 45.3 Å². The molecule has 57 heteroatoms. The van der Waals surface area contributed by atoms with Gasteiger partial charge in [0.1, 0.15) is 23.6 Å². The zero-order chi connectivity index (χ0) is 107. The van der Waals surface area contributed by atoms with E-state index >= 15 is 0 Å². The van der Waals surface area contributed by atoms with Crippen molar-refractivity contribution in [1.29, 1.82) is 0 Å². The number of methoxy groups -OCH3 is 2. The third kappa shape index (κ3) is 32.6. The number of halogens is 16. The number of amides is 1. The summed E-state index contributed by atoms with van der Waals surface area (Å²) >= 11 is 34.4. The maximum absolute atomic E-state index is 13.2. The maximum atomic E-state index is 13.2. The molecule has 10 atom stereocenters. The van der Waals surface area contributed by atoms with Crippen molar-refractivity contribution in [2.75, 3.05) is 32.1 Å². The minimum Gasteiger partial charge on any atom is -1.00 e. The number of rotatable bonds is 27. The molecule has 32 nitrogen and oxygen atoms in total. The van der Waals surface area contributed by atoms with Crippen molar-refractivity contribution in [2.24, 2.45) is 0 Å². The van der Waals surface area contributed by atoms with Gasteiger partial charge in [0.15, 0.2) is 5.82 Å². The van der Waals surface area contributed by atoms with Crippen LogP contribution in [0.5, 0.6) is 0 Å². The molecule has 1 aromatic heterocycles. The fourth-order valence-electron chi connectivity index (χ4n) is 16.1. The number of sulfonamides is 7. The number of ether oxygens (including phenoxy) is 2. The van der Waals surface area contributed by atoms with Gasteiger partial charge >= 0.3 is 81.7 Å². The second-order valence-corrected chi connectivity index (χ2v) is 49.2. The molecule has 0 unspecified atom stereocenters. The number of anilines is 1. The van der Waals surface area contributed by atoms with Crippen LogP contribution < -0.4 is 20.7 Å². The molecular weight excluding hydrogens is 2290 g/mol. The molecule has 0 radical (unpaired) electrons. The van der Waals surface area contributed by atoms with Crippen molar-refractivity contribution in [2.45, 2.75) is 271 Å². The molecule has 804 valence electrons. The molecule has 5 saturated heterocycles. The molecule has 144 heavy (non-hydrogen) atoms. The summed E-state index contributed by atoms with van der Waals surface area (Å²) in [5, 5.41) is 3.01. The Morgan fingerprint density at radius 2 is 0.646 bits per heavy atom. The third-order valence-corrected chi connectivity index (χ3v) is 39.1. The molecule has 11 rings (SSSR count). The van der Waals surface area contributed by atoms with Crippen LogP contribution >= 0.6 is 69.6 Å². The van der Waals surface area contributed by atoms with E-state index in [1.807, 2.05) is 27.7 Å². The van der Waals surface area contributed by atoms with Crippen molar-refractivity contribution >= 4 is 202 Å². The van der Waals surface area contributed by atoms with E-state index in [-0.39, 0.29) is 131 Å². The van der Waals surface area contributed by atoms with E-state index < -0.39 is 160 Å². The number of carbonyl (C=O) groups is 4. The van der Waals surface area contributed by atoms with E-state index in [2.05, 4.69) is 22.3 Å². The van der Waals surface area contributed by atoms with Gasteiger partial charge in [0.05, 0.1) is 69.0 Å². The number of hydrogen-bond acceptors (Lipinski definition) is 25. The number of hydrogen-bond donors (Lipinski definition) is 0. The van der Waals surface area contributed by atoms with Gasteiger partial charge in [-0.25, -0.2) is 56.9 Å². The standard InChI is InChI=1S/C17H22ClNO4S.C16H19ClF3NO5S2.C16H23ClN2O4S.C15H20ClNO4S.C15H20ClNO3S.C7H3ClF6N2O4S2.CH3.BrH.Mg/c1-4-14-6-5-7-16(12(2)17(20)23-3)19(14)24(21,22)15-10-8-13(18)9-11-15;1-3-13-5-4-6-15(11(2)26-28(24,25)16(18,19)20)21(13)27(22,23)14-9-7-12(17)8-10-14;1-4-13-6-5-7-15(16(20)18(2)23-3)19(13)24(21,22)14-10-8-12(17)9-11-14;1-3-12-5-4-6-14(15(18)21-2)17(12)22(19,20)13-9-7-11(16)8-10-13;1-3-13-5-4-6-15(11(2)18)17(13)21(19,20)14-9-7-12(16)8-10-14;8-4-1-2-5(15-3-4)16(21(17,18)6(9,10)11)22(19,20)7(12,13)14;;;/h8-11,14,16H,2,4-7H2,1,3H3;7-10,13,15H,2-6H2,1H3;8-11,13,15H,4-7H2,1-3H3;7-10,12,14H,3-6H2,1-2H3;7-10,13,15H,3-6H2,1-2H3;1-3H;1H3;1H;/q;;;;;;-1;;+2/p-1/t14-,16-;2*13-,15-;12-,14-;13-,15-;;;;/m00000..../s1. The van der Waals surface area contributed by atoms with E-state index in [0.29, 0.717) is 108 Å². The first kappa shape index (κ1) is 132. The van der Waals surface area contributed by atoms with Gasteiger partial charge < -0.3 is 38.1 Å². The van der Waals surface area contributed by atoms with Crippen LogP contribution in [0.3, 0.4) is 0 Å². The molecule has 0 aliphatic carbocycles. The topological polar surface area (TPSA) is 414 Å². The van der Waals surface area contributed by atoms with Crippen molar-refractivity contribution in [3.63, 3.8) is 0 Å². The van der Waals surface area contributed by atoms with Gasteiger partial charge in [-0.3, -0.25) is 19.2 Å². The van der Waals surface area contributed by atoms with Crippen LogP contribution in [-0.4, -0.2) is 251 Å². The summed E-state index contributed by atoms with van der Waals surface area (Å²) in [6.07, 6.45) is 13.0. The summed E-state index contributed by atoms with van der Waals surface area (Å²) in [7, 11) is -33.6. The average molecular weight is 2400 g/mol. The third-order valence-electron chi connectivity index (χ3n) is 23.2. The number of alkyl halides is 9. The van der Waals surface area contributed by atoms with Gasteiger partial charge in [0, 0.05) is 74.1 Å². The van der Waals surface area contributed by atoms with Gasteiger partial charge in [-0.05, 0) is 269 Å². The Kier molecular flexibility index (Phi) is 51.4. The smallest absolute Gasteiger partial charge is 1.00 e. The summed E-state index contributed by atoms with van der Waals surface area (Å²) < 4.78 is 329. The predicted octanol–water partition coefficient (Wildman–Crippen LogP) is 15.5. The number of pyridine rings is 1. The first-order valence-corrected chi connectivity index (χ1v) is 57.0. The largest absolute Gasteiger partial charge is 2.00 e. The summed E-state index contributed by atoms with van der Waals surface area (Å²) in [5.74, 6) is -3.95. The summed E-state index contributed by atoms with van der Waals surface area (Å²) in [6.45, 7) is 18.0. The van der Waals surface area contributed by atoms with Crippen molar-refractivity contribution < 1.29 is 162 Å². The van der Waals surface area contributed by atoms with Gasteiger partial charge in [0.2, 0.25) is 50.1 Å². The molecule has 0 spiro atoms. The number of Topliss-reactive ketones (excluding diaryl/α,β-unsaturated/α-hetero) is 1. The second-order valence-electron chi connectivity index (χ2n) is 32.0. The van der Waals surface area contributed by atoms with Crippen molar-refractivity contribution in [3.05, 3.63) is 202 Å². The molecule has 6 aromatic rings. The number of hydroxylamine groups is 2. The Bertz CT molecular complexity index is 6270. The van der Waals surface area contributed by atoms with E-state index in [1.165, 1.54) is 150 Å². The van der Waals surface area contributed by atoms with Gasteiger partial charge in [-0.2, -0.15) is 86.3 Å². The normalized spacial score (nSPS) is 20.9. The van der Waals surface area contributed by atoms with Crippen LogP contribution in [0.15, 0.2) is 189 Å². The Balaban J connectivity index is 0.000000443. The second kappa shape index (κ2) is 55.9. The maximum Gasteiger partial charge on any atom is 2.00 e. The van der Waals surface area contributed by atoms with Gasteiger partial charge in [0.25, 0.3) is 5.91 Å². The quantitative estimate of drug-likeness (QED) is 0.00532. The van der Waals surface area contributed by atoms with Crippen molar-refractivity contribution in [3.8, 4) is 0 Å². The zero-order valence-corrected chi connectivity index (χ0v) is 93.6. The number of esters is 2. The molecule has 0 N–H and O–H groups in total. The predicted molar refractivity (Wildman–Crippen MR) is 524 cm³/mol. The van der Waals surface area contributed by atoms with Crippen LogP contribution in [0.2, 0.25) is 30.1 Å². The first-order chi connectivity index (χ1) is 65.4. The molecular formula is C87H110BrCl6F9MgN8O24S8. The van der Waals surface area contributed by atoms with Crippen molar-refractivity contribution in [1.82, 2.24) is 31.6 Å². The summed E-state index contributed by atoms with van der Waals surface area (Å²) in [5.41, 5.74) is -18.1. The molecule has 5 aliphatic heterocycles. The molecule has 5 aliphatic rings. The van der Waals surface area contributed by atoms with E-state index in [9.17, 15) is 126 Å². The first-order valence-electron chi connectivity index (χ1n) is 43.2. The average Bonchev–Trinajstić information content (AvgIpc) is 0.733. The number of carbonyl (C=O) groups excluding carboxylic acids is 4. The summed E-state index contributed by atoms with van der Waals surface area (Å²) in [4.78, 5) is 56.8. The number of ketones is 1. The molecule has 6 heterocycles.